The maximum atomic E-state index is 12.0. The third kappa shape index (κ3) is 3.67. The minimum atomic E-state index is -0.173. The second kappa shape index (κ2) is 6.64. The van der Waals surface area contributed by atoms with Crippen molar-refractivity contribution in [1.29, 1.82) is 0 Å². The van der Waals surface area contributed by atoms with E-state index in [1.54, 1.807) is 24.3 Å². The van der Waals surface area contributed by atoms with Crippen LogP contribution in [-0.2, 0) is 0 Å². The van der Waals surface area contributed by atoms with Gasteiger partial charge in [-0.2, -0.15) is 0 Å². The molecule has 0 saturated heterocycles. The first-order valence-electron chi connectivity index (χ1n) is 6.60. The van der Waals surface area contributed by atoms with E-state index in [1.165, 1.54) is 11.3 Å². The van der Waals surface area contributed by atoms with Gasteiger partial charge in [-0.25, -0.2) is 0 Å². The van der Waals surface area contributed by atoms with Crippen molar-refractivity contribution < 1.29 is 9.53 Å². The first-order valence-corrected chi connectivity index (χ1v) is 7.80. The van der Waals surface area contributed by atoms with Crippen molar-refractivity contribution in [3.8, 4) is 11.5 Å². The van der Waals surface area contributed by atoms with E-state index in [2.05, 4.69) is 5.32 Å². The molecule has 0 spiro atoms. The van der Waals surface area contributed by atoms with Gasteiger partial charge in [0.25, 0.3) is 5.91 Å². The van der Waals surface area contributed by atoms with E-state index in [-0.39, 0.29) is 5.91 Å². The Morgan fingerprint density at radius 2 is 1.59 bits per heavy atom. The smallest absolute Gasteiger partial charge is 0.265 e. The van der Waals surface area contributed by atoms with Gasteiger partial charge in [0.15, 0.2) is 0 Å². The highest BCUT2D eigenvalue weighted by atomic mass is 35.5. The van der Waals surface area contributed by atoms with Gasteiger partial charge in [0.05, 0.1) is 9.21 Å². The second-order valence-electron chi connectivity index (χ2n) is 4.50. The van der Waals surface area contributed by atoms with Gasteiger partial charge in [-0.15, -0.1) is 11.3 Å². The third-order valence-corrected chi connectivity index (χ3v) is 4.12. The van der Waals surface area contributed by atoms with Gasteiger partial charge in [-0.05, 0) is 48.5 Å². The molecule has 1 N–H and O–H groups in total. The highest BCUT2D eigenvalue weighted by Crippen LogP contribution is 2.24. The van der Waals surface area contributed by atoms with E-state index in [0.717, 1.165) is 5.75 Å². The summed E-state index contributed by atoms with van der Waals surface area (Å²) in [5.41, 5.74) is 0.704. The molecule has 1 aromatic heterocycles. The molecule has 110 valence electrons. The molecular weight excluding hydrogens is 318 g/mol. The SMILES string of the molecule is O=C(Nc1ccc(Oc2ccccc2)cc1)c1ccc(Cl)s1. The van der Waals surface area contributed by atoms with Crippen molar-refractivity contribution >= 4 is 34.5 Å². The molecule has 0 bridgehead atoms. The van der Waals surface area contributed by atoms with Gasteiger partial charge in [0.1, 0.15) is 11.5 Å². The van der Waals surface area contributed by atoms with Crippen LogP contribution in [0.25, 0.3) is 0 Å². The quantitative estimate of drug-likeness (QED) is 0.691. The molecule has 5 heteroatoms. The topological polar surface area (TPSA) is 38.3 Å². The normalized spacial score (nSPS) is 10.2. The monoisotopic (exact) mass is 329 g/mol. The molecule has 3 nitrogen and oxygen atoms in total. The first-order chi connectivity index (χ1) is 10.7. The molecular formula is C17H12ClNO2S. The average molecular weight is 330 g/mol. The van der Waals surface area contributed by atoms with Crippen LogP contribution < -0.4 is 10.1 Å². The summed E-state index contributed by atoms with van der Waals surface area (Å²) in [6, 6.07) is 20.2. The zero-order valence-corrected chi connectivity index (χ0v) is 13.0. The summed E-state index contributed by atoms with van der Waals surface area (Å²) in [6.45, 7) is 0. The van der Waals surface area contributed by atoms with Crippen LogP contribution in [0.5, 0.6) is 11.5 Å². The van der Waals surface area contributed by atoms with Crippen LogP contribution in [-0.4, -0.2) is 5.91 Å². The predicted molar refractivity (Wildman–Crippen MR) is 90.2 cm³/mol. The Bertz CT molecular complexity index is 769. The van der Waals surface area contributed by atoms with Crippen LogP contribution in [0.15, 0.2) is 66.7 Å². The number of halogens is 1. The van der Waals surface area contributed by atoms with Crippen molar-refractivity contribution in [2.24, 2.45) is 0 Å². The number of para-hydroxylation sites is 1. The molecule has 1 amide bonds. The van der Waals surface area contributed by atoms with Crippen molar-refractivity contribution in [2.75, 3.05) is 5.32 Å². The van der Waals surface area contributed by atoms with Gasteiger partial charge in [0.2, 0.25) is 0 Å². The molecule has 0 unspecified atom stereocenters. The zero-order chi connectivity index (χ0) is 15.4. The number of thiophene rings is 1. The van der Waals surface area contributed by atoms with Crippen LogP contribution in [0.1, 0.15) is 9.67 Å². The number of hydrogen-bond donors (Lipinski definition) is 1. The lowest BCUT2D eigenvalue weighted by atomic mass is 10.3. The Morgan fingerprint density at radius 1 is 0.909 bits per heavy atom. The maximum absolute atomic E-state index is 12.0. The van der Waals surface area contributed by atoms with Gasteiger partial charge in [-0.3, -0.25) is 4.79 Å². The van der Waals surface area contributed by atoms with Crippen LogP contribution >= 0.6 is 22.9 Å². The van der Waals surface area contributed by atoms with E-state index in [9.17, 15) is 4.79 Å². The van der Waals surface area contributed by atoms with Crippen LogP contribution in [0.4, 0.5) is 5.69 Å². The fourth-order valence-electron chi connectivity index (χ4n) is 1.86. The summed E-state index contributed by atoms with van der Waals surface area (Å²) in [5, 5.41) is 2.82. The first kappa shape index (κ1) is 14.6. The number of anilines is 1. The predicted octanol–water partition coefficient (Wildman–Crippen LogP) is 5.45. The number of ether oxygens (including phenoxy) is 1. The fraction of sp³-hybridized carbons (Fsp3) is 0. The summed E-state index contributed by atoms with van der Waals surface area (Å²) in [5.74, 6) is 1.31. The Labute approximate surface area is 137 Å². The van der Waals surface area contributed by atoms with Crippen LogP contribution in [0.3, 0.4) is 0 Å². The Hall–Kier alpha value is -2.30. The van der Waals surface area contributed by atoms with Gasteiger partial charge in [0, 0.05) is 5.69 Å². The largest absolute Gasteiger partial charge is 0.457 e. The number of benzene rings is 2. The van der Waals surface area contributed by atoms with Crippen molar-refractivity contribution in [2.45, 2.75) is 0 Å². The number of carbonyl (C=O) groups is 1. The Kier molecular flexibility index (Phi) is 4.42. The molecule has 0 radical (unpaired) electrons. The van der Waals surface area contributed by atoms with E-state index in [1.807, 2.05) is 42.5 Å². The summed E-state index contributed by atoms with van der Waals surface area (Å²) < 4.78 is 6.29. The lowest BCUT2D eigenvalue weighted by Gasteiger charge is -2.07. The molecule has 3 rings (SSSR count). The van der Waals surface area contributed by atoms with E-state index in [4.69, 9.17) is 16.3 Å². The summed E-state index contributed by atoms with van der Waals surface area (Å²) >= 11 is 7.08. The average Bonchev–Trinajstić information content (AvgIpc) is 2.97. The van der Waals surface area contributed by atoms with Crippen LogP contribution in [0, 0.1) is 0 Å². The van der Waals surface area contributed by atoms with E-state index in [0.29, 0.717) is 20.7 Å². The third-order valence-electron chi connectivity index (χ3n) is 2.89. The number of rotatable bonds is 4. The zero-order valence-electron chi connectivity index (χ0n) is 11.5. The number of nitrogens with one attached hydrogen (secondary N) is 1. The van der Waals surface area contributed by atoms with Gasteiger partial charge < -0.3 is 10.1 Å². The molecule has 22 heavy (non-hydrogen) atoms. The lowest BCUT2D eigenvalue weighted by molar-refractivity contribution is 0.103. The molecule has 0 aliphatic heterocycles. The number of amides is 1. The van der Waals surface area contributed by atoms with Crippen molar-refractivity contribution in [3.05, 3.63) is 75.9 Å². The Morgan fingerprint density at radius 3 is 2.23 bits per heavy atom. The summed E-state index contributed by atoms with van der Waals surface area (Å²) in [7, 11) is 0. The minimum absolute atomic E-state index is 0.173. The summed E-state index contributed by atoms with van der Waals surface area (Å²) in [4.78, 5) is 12.6. The summed E-state index contributed by atoms with van der Waals surface area (Å²) in [6.07, 6.45) is 0. The second-order valence-corrected chi connectivity index (χ2v) is 6.21. The molecule has 3 aromatic rings. The lowest BCUT2D eigenvalue weighted by Crippen LogP contribution is -2.09. The van der Waals surface area contributed by atoms with Crippen molar-refractivity contribution in [3.63, 3.8) is 0 Å². The molecule has 0 aliphatic rings. The molecule has 0 saturated carbocycles. The highest BCUT2D eigenvalue weighted by Gasteiger charge is 2.09. The van der Waals surface area contributed by atoms with Crippen LogP contribution in [0.2, 0.25) is 4.34 Å². The van der Waals surface area contributed by atoms with E-state index >= 15 is 0 Å². The van der Waals surface area contributed by atoms with Gasteiger partial charge >= 0.3 is 0 Å². The number of hydrogen-bond acceptors (Lipinski definition) is 3. The Balaban J connectivity index is 1.65. The minimum Gasteiger partial charge on any atom is -0.457 e. The van der Waals surface area contributed by atoms with Crippen molar-refractivity contribution in [1.82, 2.24) is 0 Å². The number of carbonyl (C=O) groups excluding carboxylic acids is 1. The molecule has 0 atom stereocenters. The van der Waals surface area contributed by atoms with Gasteiger partial charge in [-0.1, -0.05) is 29.8 Å². The van der Waals surface area contributed by atoms with E-state index < -0.39 is 0 Å². The maximum Gasteiger partial charge on any atom is 0.265 e. The fourth-order valence-corrected chi connectivity index (χ4v) is 2.80. The highest BCUT2D eigenvalue weighted by molar-refractivity contribution is 7.18. The molecule has 0 aliphatic carbocycles. The molecule has 1 heterocycles. The molecule has 2 aromatic carbocycles. The standard InChI is InChI=1S/C17H12ClNO2S/c18-16-11-10-15(22-16)17(20)19-12-6-8-14(9-7-12)21-13-4-2-1-3-5-13/h1-11H,(H,19,20). The molecule has 0 fully saturated rings.